The first kappa shape index (κ1) is 21.1. The van der Waals surface area contributed by atoms with E-state index in [9.17, 15) is 12.8 Å². The second-order valence-electron chi connectivity index (χ2n) is 6.99. The van der Waals surface area contributed by atoms with Gasteiger partial charge in [0.15, 0.2) is 9.84 Å². The fraction of sp³-hybridized carbons (Fsp3) is 0.0870. The van der Waals surface area contributed by atoms with Crippen molar-refractivity contribution in [2.75, 3.05) is 6.26 Å². The number of hydrogen-bond donors (Lipinski definition) is 0. The van der Waals surface area contributed by atoms with E-state index >= 15 is 0 Å². The Morgan fingerprint density at radius 1 is 0.935 bits per heavy atom. The summed E-state index contributed by atoms with van der Waals surface area (Å²) >= 11 is 6.03. The normalized spacial score (nSPS) is 11.5. The summed E-state index contributed by atoms with van der Waals surface area (Å²) in [6.07, 6.45) is 1.16. The van der Waals surface area contributed by atoms with Crippen LogP contribution >= 0.6 is 11.6 Å². The van der Waals surface area contributed by atoms with Crippen molar-refractivity contribution in [2.45, 2.75) is 11.8 Å². The molecule has 1 heterocycles. The van der Waals surface area contributed by atoms with Gasteiger partial charge in [-0.25, -0.2) is 12.8 Å². The maximum absolute atomic E-state index is 13.2. The third-order valence-corrected chi connectivity index (χ3v) is 6.10. The monoisotopic (exact) mass is 456 g/mol. The predicted octanol–water partition coefficient (Wildman–Crippen LogP) is 5.84. The van der Waals surface area contributed by atoms with Crippen molar-refractivity contribution in [2.24, 2.45) is 0 Å². The Morgan fingerprint density at radius 3 is 2.13 bits per heavy atom. The SMILES string of the molecule is Cc1c(Oc2ccc(F)cc2)nc(-c2ccc(Cl)cc2)n1-c1ccc(S(C)(=O)=O)cc1. The lowest BCUT2D eigenvalue weighted by atomic mass is 10.2. The first-order chi connectivity index (χ1) is 14.7. The quantitative estimate of drug-likeness (QED) is 0.378. The average molecular weight is 457 g/mol. The zero-order chi connectivity index (χ0) is 22.2. The molecular formula is C23H18ClFN2O3S. The molecule has 0 unspecified atom stereocenters. The lowest BCUT2D eigenvalue weighted by molar-refractivity contribution is 0.460. The fourth-order valence-corrected chi connectivity index (χ4v) is 3.90. The second kappa shape index (κ2) is 8.17. The summed E-state index contributed by atoms with van der Waals surface area (Å²) in [5, 5.41) is 0.596. The second-order valence-corrected chi connectivity index (χ2v) is 9.44. The summed E-state index contributed by atoms with van der Waals surface area (Å²) in [4.78, 5) is 4.89. The van der Waals surface area contributed by atoms with Gasteiger partial charge in [0.05, 0.1) is 10.6 Å². The van der Waals surface area contributed by atoms with Gasteiger partial charge in [-0.3, -0.25) is 4.57 Å². The minimum Gasteiger partial charge on any atom is -0.437 e. The smallest absolute Gasteiger partial charge is 0.241 e. The molecule has 0 radical (unpaired) electrons. The molecule has 0 atom stereocenters. The summed E-state index contributed by atoms with van der Waals surface area (Å²) < 4.78 is 44.7. The van der Waals surface area contributed by atoms with Crippen LogP contribution < -0.4 is 4.74 Å². The summed E-state index contributed by atoms with van der Waals surface area (Å²) in [5.74, 6) is 1.04. The van der Waals surface area contributed by atoms with Crippen LogP contribution in [0.2, 0.25) is 5.02 Å². The molecule has 4 rings (SSSR count). The van der Waals surface area contributed by atoms with Crippen molar-refractivity contribution in [3.8, 4) is 28.7 Å². The molecular weight excluding hydrogens is 439 g/mol. The predicted molar refractivity (Wildman–Crippen MR) is 118 cm³/mol. The van der Waals surface area contributed by atoms with Crippen molar-refractivity contribution >= 4 is 21.4 Å². The highest BCUT2D eigenvalue weighted by Gasteiger charge is 2.19. The van der Waals surface area contributed by atoms with E-state index in [1.165, 1.54) is 24.3 Å². The molecule has 0 aliphatic carbocycles. The Kier molecular flexibility index (Phi) is 5.56. The highest BCUT2D eigenvalue weighted by Crippen LogP contribution is 2.33. The number of benzene rings is 3. The molecule has 1 aromatic heterocycles. The van der Waals surface area contributed by atoms with Gasteiger partial charge in [0.2, 0.25) is 5.88 Å². The van der Waals surface area contributed by atoms with E-state index in [4.69, 9.17) is 16.3 Å². The number of halogens is 2. The first-order valence-electron chi connectivity index (χ1n) is 9.31. The van der Waals surface area contributed by atoms with E-state index < -0.39 is 9.84 Å². The number of sulfone groups is 1. The average Bonchev–Trinajstić information content (AvgIpc) is 3.06. The van der Waals surface area contributed by atoms with Crippen molar-refractivity contribution in [1.82, 2.24) is 9.55 Å². The molecule has 0 amide bonds. The van der Waals surface area contributed by atoms with Gasteiger partial charge in [0.25, 0.3) is 0 Å². The third-order valence-electron chi connectivity index (χ3n) is 4.72. The Morgan fingerprint density at radius 2 is 1.55 bits per heavy atom. The van der Waals surface area contributed by atoms with E-state index in [-0.39, 0.29) is 10.7 Å². The molecule has 0 fully saturated rings. The summed E-state index contributed by atoms with van der Waals surface area (Å²) in [7, 11) is -3.31. The molecule has 0 spiro atoms. The molecule has 158 valence electrons. The topological polar surface area (TPSA) is 61.2 Å². The van der Waals surface area contributed by atoms with Crippen molar-refractivity contribution in [3.63, 3.8) is 0 Å². The molecule has 4 aromatic rings. The number of imidazole rings is 1. The highest BCUT2D eigenvalue weighted by atomic mass is 35.5. The van der Waals surface area contributed by atoms with E-state index in [0.717, 1.165) is 17.5 Å². The minimum absolute atomic E-state index is 0.227. The number of rotatable bonds is 5. The zero-order valence-electron chi connectivity index (χ0n) is 16.7. The van der Waals surface area contributed by atoms with Crippen LogP contribution in [0.1, 0.15) is 5.69 Å². The molecule has 0 saturated carbocycles. The van der Waals surface area contributed by atoms with Crippen LogP contribution in [0.3, 0.4) is 0 Å². The number of hydrogen-bond acceptors (Lipinski definition) is 4. The molecule has 0 N–H and O–H groups in total. The van der Waals surface area contributed by atoms with Crippen LogP contribution in [-0.4, -0.2) is 24.2 Å². The van der Waals surface area contributed by atoms with Gasteiger partial charge in [-0.1, -0.05) is 11.6 Å². The van der Waals surface area contributed by atoms with Gasteiger partial charge in [-0.15, -0.1) is 0 Å². The third kappa shape index (κ3) is 4.47. The van der Waals surface area contributed by atoms with Gasteiger partial charge in [0, 0.05) is 22.5 Å². The van der Waals surface area contributed by atoms with Gasteiger partial charge >= 0.3 is 0 Å². The lowest BCUT2D eigenvalue weighted by Crippen LogP contribution is -2.02. The van der Waals surface area contributed by atoms with Gasteiger partial charge in [0.1, 0.15) is 17.4 Å². The van der Waals surface area contributed by atoms with E-state index in [2.05, 4.69) is 4.98 Å². The number of aromatic nitrogens is 2. The fourth-order valence-electron chi connectivity index (χ4n) is 3.14. The summed E-state index contributed by atoms with van der Waals surface area (Å²) in [6.45, 7) is 1.84. The Bertz CT molecular complexity index is 1330. The maximum Gasteiger partial charge on any atom is 0.241 e. The van der Waals surface area contributed by atoms with Crippen LogP contribution in [0.4, 0.5) is 4.39 Å². The van der Waals surface area contributed by atoms with E-state index in [1.54, 1.807) is 36.4 Å². The van der Waals surface area contributed by atoms with Crippen LogP contribution in [0, 0.1) is 12.7 Å². The molecule has 31 heavy (non-hydrogen) atoms. The lowest BCUT2D eigenvalue weighted by Gasteiger charge is -2.11. The van der Waals surface area contributed by atoms with Crippen LogP contribution in [-0.2, 0) is 9.84 Å². The number of nitrogens with zero attached hydrogens (tertiary/aromatic N) is 2. The Hall–Kier alpha value is -3.16. The largest absolute Gasteiger partial charge is 0.437 e. The van der Waals surface area contributed by atoms with Crippen molar-refractivity contribution in [1.29, 1.82) is 0 Å². The minimum atomic E-state index is -3.31. The molecule has 0 aliphatic heterocycles. The molecule has 3 aromatic carbocycles. The number of ether oxygens (including phenoxy) is 1. The highest BCUT2D eigenvalue weighted by molar-refractivity contribution is 7.90. The Labute approximate surface area is 184 Å². The van der Waals surface area contributed by atoms with Gasteiger partial charge < -0.3 is 4.74 Å². The van der Waals surface area contributed by atoms with Crippen LogP contribution in [0.5, 0.6) is 11.6 Å². The van der Waals surface area contributed by atoms with Crippen molar-refractivity contribution < 1.29 is 17.5 Å². The van der Waals surface area contributed by atoms with Crippen LogP contribution in [0.25, 0.3) is 17.1 Å². The molecule has 0 aliphatic rings. The van der Waals surface area contributed by atoms with Crippen molar-refractivity contribution in [3.05, 3.63) is 89.3 Å². The molecule has 0 saturated heterocycles. The molecule has 5 nitrogen and oxygen atoms in total. The van der Waals surface area contributed by atoms with Crippen LogP contribution in [0.15, 0.2) is 77.7 Å². The maximum atomic E-state index is 13.2. The standard InChI is InChI=1S/C23H18ClFN2O3S/c1-15-23(30-20-11-7-18(25)8-12-20)26-22(16-3-5-17(24)6-4-16)27(15)19-9-13-21(14-10-19)31(2,28)29/h3-14H,1-2H3. The zero-order valence-corrected chi connectivity index (χ0v) is 18.3. The van der Waals surface area contributed by atoms with Gasteiger partial charge in [-0.2, -0.15) is 4.98 Å². The molecule has 0 bridgehead atoms. The molecule has 8 heteroatoms. The summed E-state index contributed by atoms with van der Waals surface area (Å²) in [5.41, 5.74) is 2.21. The first-order valence-corrected chi connectivity index (χ1v) is 11.6. The van der Waals surface area contributed by atoms with Gasteiger partial charge in [-0.05, 0) is 79.7 Å². The Balaban J connectivity index is 1.84. The van der Waals surface area contributed by atoms with E-state index in [1.807, 2.05) is 23.6 Å². The summed E-state index contributed by atoms with van der Waals surface area (Å²) in [6, 6.07) is 19.4. The van der Waals surface area contributed by atoms with E-state index in [0.29, 0.717) is 28.2 Å².